The summed E-state index contributed by atoms with van der Waals surface area (Å²) in [6.07, 6.45) is 6.18. The fraction of sp³-hybridized carbons (Fsp3) is 0.333. The summed E-state index contributed by atoms with van der Waals surface area (Å²) in [7, 11) is 0. The Morgan fingerprint density at radius 1 is 1.19 bits per heavy atom. The number of fused-ring (bicyclic) bond motifs is 1. The highest BCUT2D eigenvalue weighted by atomic mass is 15.3. The molecule has 0 fully saturated rings. The van der Waals surface area contributed by atoms with Crippen LogP contribution in [0, 0.1) is 5.92 Å². The second-order valence-corrected chi connectivity index (χ2v) is 5.31. The molecule has 0 aliphatic carbocycles. The molecule has 108 valence electrons. The van der Waals surface area contributed by atoms with E-state index in [1.165, 1.54) is 0 Å². The van der Waals surface area contributed by atoms with Crippen LogP contribution in [-0.4, -0.2) is 31.3 Å². The normalized spacial score (nSPS) is 11.2. The van der Waals surface area contributed by atoms with Crippen LogP contribution < -0.4 is 5.32 Å². The van der Waals surface area contributed by atoms with Gasteiger partial charge in [-0.05, 0) is 24.5 Å². The van der Waals surface area contributed by atoms with Gasteiger partial charge in [-0.1, -0.05) is 19.9 Å². The molecule has 0 spiro atoms. The number of anilines is 1. The highest BCUT2D eigenvalue weighted by Gasteiger charge is 2.11. The molecule has 0 aliphatic heterocycles. The zero-order chi connectivity index (χ0) is 14.7. The van der Waals surface area contributed by atoms with Gasteiger partial charge < -0.3 is 5.32 Å². The largest absolute Gasteiger partial charge is 0.369 e. The summed E-state index contributed by atoms with van der Waals surface area (Å²) in [5, 5.41) is 8.65. The molecule has 3 heterocycles. The molecular weight excluding hydrogens is 264 g/mol. The fourth-order valence-corrected chi connectivity index (χ4v) is 2.11. The molecule has 3 aromatic heterocycles. The van der Waals surface area contributed by atoms with Gasteiger partial charge in [-0.2, -0.15) is 9.78 Å². The predicted molar refractivity (Wildman–Crippen MR) is 82.4 cm³/mol. The van der Waals surface area contributed by atoms with Crippen molar-refractivity contribution in [1.29, 1.82) is 0 Å². The van der Waals surface area contributed by atoms with Gasteiger partial charge in [0, 0.05) is 12.7 Å². The number of hydrogen-bond donors (Lipinski definition) is 1. The minimum Gasteiger partial charge on any atom is -0.369 e. The van der Waals surface area contributed by atoms with Crippen LogP contribution in [0.3, 0.4) is 0 Å². The maximum Gasteiger partial charge on any atom is 0.170 e. The number of nitrogens with zero attached hydrogens (tertiary/aromatic N) is 5. The molecule has 0 unspecified atom stereocenters. The van der Waals surface area contributed by atoms with Gasteiger partial charge >= 0.3 is 0 Å². The maximum absolute atomic E-state index is 4.38. The number of aromatic nitrogens is 5. The Balaban J connectivity index is 1.93. The molecule has 0 bridgehead atoms. The van der Waals surface area contributed by atoms with Crippen LogP contribution >= 0.6 is 0 Å². The van der Waals surface area contributed by atoms with Crippen molar-refractivity contribution < 1.29 is 0 Å². The monoisotopic (exact) mass is 282 g/mol. The average Bonchev–Trinajstić information content (AvgIpc) is 2.92. The van der Waals surface area contributed by atoms with Gasteiger partial charge in [0.2, 0.25) is 0 Å². The van der Waals surface area contributed by atoms with Gasteiger partial charge in [0.05, 0.1) is 11.6 Å². The third-order valence-corrected chi connectivity index (χ3v) is 3.25. The van der Waals surface area contributed by atoms with Crippen LogP contribution in [0.15, 0.2) is 36.9 Å². The Labute approximate surface area is 123 Å². The van der Waals surface area contributed by atoms with E-state index >= 15 is 0 Å². The highest BCUT2D eigenvalue weighted by molar-refractivity contribution is 5.86. The summed E-state index contributed by atoms with van der Waals surface area (Å²) < 4.78 is 1.73. The van der Waals surface area contributed by atoms with Crippen molar-refractivity contribution in [2.75, 3.05) is 11.9 Å². The Bertz CT molecular complexity index is 719. The molecule has 3 rings (SSSR count). The molecule has 0 saturated heterocycles. The Morgan fingerprint density at radius 3 is 2.86 bits per heavy atom. The summed E-state index contributed by atoms with van der Waals surface area (Å²) >= 11 is 0. The minimum atomic E-state index is 0.658. The number of hydrogen-bond acceptors (Lipinski definition) is 5. The lowest BCUT2D eigenvalue weighted by Crippen LogP contribution is -2.07. The molecule has 6 heteroatoms. The second-order valence-electron chi connectivity index (χ2n) is 5.31. The van der Waals surface area contributed by atoms with Crippen molar-refractivity contribution in [3.8, 4) is 5.82 Å². The van der Waals surface area contributed by atoms with Crippen molar-refractivity contribution in [3.05, 3.63) is 36.9 Å². The fourth-order valence-electron chi connectivity index (χ4n) is 2.11. The van der Waals surface area contributed by atoms with Gasteiger partial charge in [-0.3, -0.25) is 0 Å². The molecule has 0 saturated carbocycles. The van der Waals surface area contributed by atoms with Gasteiger partial charge in [-0.15, -0.1) is 0 Å². The Morgan fingerprint density at radius 2 is 2.10 bits per heavy atom. The third kappa shape index (κ3) is 2.84. The van der Waals surface area contributed by atoms with Crippen molar-refractivity contribution in [3.63, 3.8) is 0 Å². The maximum atomic E-state index is 4.38. The lowest BCUT2D eigenvalue weighted by atomic mass is 10.1. The molecule has 21 heavy (non-hydrogen) atoms. The van der Waals surface area contributed by atoms with Gasteiger partial charge in [0.1, 0.15) is 12.1 Å². The van der Waals surface area contributed by atoms with E-state index < -0.39 is 0 Å². The van der Waals surface area contributed by atoms with E-state index in [4.69, 9.17) is 0 Å². The molecular formula is C15H18N6. The predicted octanol–water partition coefficient (Wildman–Crippen LogP) is 2.67. The first kappa shape index (κ1) is 13.5. The summed E-state index contributed by atoms with van der Waals surface area (Å²) in [4.78, 5) is 13.0. The summed E-state index contributed by atoms with van der Waals surface area (Å²) in [5.41, 5.74) is 0.760. The number of nitrogens with one attached hydrogen (secondary N) is 1. The van der Waals surface area contributed by atoms with E-state index in [0.29, 0.717) is 5.92 Å². The molecule has 3 aromatic rings. The number of rotatable bonds is 5. The lowest BCUT2D eigenvalue weighted by molar-refractivity contribution is 0.607. The van der Waals surface area contributed by atoms with Crippen LogP contribution in [0.25, 0.3) is 16.9 Å². The van der Waals surface area contributed by atoms with Crippen molar-refractivity contribution in [1.82, 2.24) is 24.7 Å². The SMILES string of the molecule is CC(C)CCNc1ncnc2c1cnn2-c1ccccn1. The zero-order valence-corrected chi connectivity index (χ0v) is 12.2. The molecule has 1 N–H and O–H groups in total. The third-order valence-electron chi connectivity index (χ3n) is 3.25. The second kappa shape index (κ2) is 5.87. The molecule has 0 radical (unpaired) electrons. The van der Waals surface area contributed by atoms with E-state index in [0.717, 1.165) is 35.6 Å². The first-order chi connectivity index (χ1) is 10.3. The smallest absolute Gasteiger partial charge is 0.170 e. The lowest BCUT2D eigenvalue weighted by Gasteiger charge is -2.08. The van der Waals surface area contributed by atoms with E-state index in [9.17, 15) is 0 Å². The minimum absolute atomic E-state index is 0.658. The quantitative estimate of drug-likeness (QED) is 0.779. The highest BCUT2D eigenvalue weighted by Crippen LogP contribution is 2.20. The van der Waals surface area contributed by atoms with Crippen LogP contribution in [0.1, 0.15) is 20.3 Å². The first-order valence-corrected chi connectivity index (χ1v) is 7.09. The van der Waals surface area contributed by atoms with E-state index in [2.05, 4.69) is 39.2 Å². The molecule has 0 atom stereocenters. The summed E-state index contributed by atoms with van der Waals surface area (Å²) in [5.74, 6) is 2.23. The van der Waals surface area contributed by atoms with Crippen LogP contribution in [0.4, 0.5) is 5.82 Å². The van der Waals surface area contributed by atoms with Crippen LogP contribution in [0.2, 0.25) is 0 Å². The van der Waals surface area contributed by atoms with Gasteiger partial charge in [0.15, 0.2) is 11.5 Å². The zero-order valence-electron chi connectivity index (χ0n) is 12.2. The summed E-state index contributed by atoms with van der Waals surface area (Å²) in [6.45, 7) is 5.30. The topological polar surface area (TPSA) is 68.5 Å². The molecule has 6 nitrogen and oxygen atoms in total. The number of pyridine rings is 1. The molecule has 0 amide bonds. The van der Waals surface area contributed by atoms with E-state index in [1.54, 1.807) is 23.4 Å². The van der Waals surface area contributed by atoms with Gasteiger partial charge in [0.25, 0.3) is 0 Å². The Hall–Kier alpha value is -2.50. The molecule has 0 aromatic carbocycles. The van der Waals surface area contributed by atoms with Gasteiger partial charge in [-0.25, -0.2) is 15.0 Å². The van der Waals surface area contributed by atoms with E-state index in [1.807, 2.05) is 18.2 Å². The van der Waals surface area contributed by atoms with Crippen molar-refractivity contribution in [2.45, 2.75) is 20.3 Å². The summed E-state index contributed by atoms with van der Waals surface area (Å²) in [6, 6.07) is 5.71. The Kier molecular flexibility index (Phi) is 3.77. The standard InChI is InChI=1S/C15H18N6/c1-11(2)6-8-17-14-12-9-20-21(15(12)19-10-18-14)13-5-3-4-7-16-13/h3-5,7,9-11H,6,8H2,1-2H3,(H,17,18,19). The van der Waals surface area contributed by atoms with Crippen LogP contribution in [-0.2, 0) is 0 Å². The van der Waals surface area contributed by atoms with Crippen LogP contribution in [0.5, 0.6) is 0 Å². The van der Waals surface area contributed by atoms with Crippen molar-refractivity contribution >= 4 is 16.9 Å². The van der Waals surface area contributed by atoms with E-state index in [-0.39, 0.29) is 0 Å². The first-order valence-electron chi connectivity index (χ1n) is 7.09. The van der Waals surface area contributed by atoms with Crippen molar-refractivity contribution in [2.24, 2.45) is 5.92 Å². The average molecular weight is 282 g/mol. The molecule has 0 aliphatic rings.